The average Bonchev–Trinajstić information content (AvgIpc) is 3.16. The molecule has 7 nitrogen and oxygen atoms in total. The lowest BCUT2D eigenvalue weighted by Gasteiger charge is -2.12. The van der Waals surface area contributed by atoms with E-state index in [1.165, 1.54) is 11.0 Å². The average molecular weight is 377 g/mol. The summed E-state index contributed by atoms with van der Waals surface area (Å²) in [6, 6.07) is 9.76. The van der Waals surface area contributed by atoms with Gasteiger partial charge in [0.2, 0.25) is 0 Å². The molecule has 4 rings (SSSR count). The van der Waals surface area contributed by atoms with Crippen LogP contribution in [0.4, 0.5) is 5.69 Å². The molecule has 0 saturated carbocycles. The maximum Gasteiger partial charge on any atom is 0.261 e. The Bertz CT molecular complexity index is 1120. The molecule has 0 radical (unpaired) electrons. The van der Waals surface area contributed by atoms with Gasteiger partial charge >= 0.3 is 0 Å². The SMILES string of the molecule is CCCCN1C(=O)c2ccc(C(=O)Nc3ccc4oc(C)nc4c3)cc2C1=O. The lowest BCUT2D eigenvalue weighted by atomic mass is 10.1. The number of benzene rings is 2. The van der Waals surface area contributed by atoms with E-state index in [1.807, 2.05) is 6.92 Å². The highest BCUT2D eigenvalue weighted by Crippen LogP contribution is 2.25. The van der Waals surface area contributed by atoms with E-state index in [9.17, 15) is 14.4 Å². The number of anilines is 1. The van der Waals surface area contributed by atoms with Gasteiger partial charge < -0.3 is 9.73 Å². The highest BCUT2D eigenvalue weighted by molar-refractivity contribution is 6.22. The van der Waals surface area contributed by atoms with E-state index in [1.54, 1.807) is 37.3 Å². The molecule has 0 spiro atoms. The van der Waals surface area contributed by atoms with E-state index >= 15 is 0 Å². The van der Waals surface area contributed by atoms with Gasteiger partial charge in [0.1, 0.15) is 5.52 Å². The number of nitrogens with one attached hydrogen (secondary N) is 1. The van der Waals surface area contributed by atoms with E-state index in [-0.39, 0.29) is 23.3 Å². The molecule has 1 N–H and O–H groups in total. The molecule has 0 aliphatic carbocycles. The quantitative estimate of drug-likeness (QED) is 0.683. The maximum atomic E-state index is 12.6. The van der Waals surface area contributed by atoms with Gasteiger partial charge in [-0.2, -0.15) is 0 Å². The third kappa shape index (κ3) is 3.05. The minimum atomic E-state index is -0.366. The molecule has 3 amide bonds. The molecular weight excluding hydrogens is 358 g/mol. The number of carbonyl (C=O) groups excluding carboxylic acids is 3. The highest BCUT2D eigenvalue weighted by Gasteiger charge is 2.35. The Kier molecular flexibility index (Phi) is 4.43. The molecule has 0 atom stereocenters. The van der Waals surface area contributed by atoms with Gasteiger partial charge in [-0.3, -0.25) is 19.3 Å². The van der Waals surface area contributed by atoms with Crippen molar-refractivity contribution < 1.29 is 18.8 Å². The Morgan fingerprint density at radius 2 is 1.89 bits per heavy atom. The zero-order chi connectivity index (χ0) is 19.8. The number of imide groups is 1. The van der Waals surface area contributed by atoms with Gasteiger partial charge in [-0.05, 0) is 42.8 Å². The smallest absolute Gasteiger partial charge is 0.261 e. The molecule has 7 heteroatoms. The third-order valence-electron chi connectivity index (χ3n) is 4.72. The topological polar surface area (TPSA) is 92.5 Å². The Morgan fingerprint density at radius 1 is 1.11 bits per heavy atom. The Balaban J connectivity index is 1.57. The second-order valence-corrected chi connectivity index (χ2v) is 6.75. The van der Waals surface area contributed by atoms with Crippen molar-refractivity contribution in [1.29, 1.82) is 0 Å². The van der Waals surface area contributed by atoms with E-state index in [0.717, 1.165) is 12.8 Å². The number of rotatable bonds is 5. The number of fused-ring (bicyclic) bond motifs is 2. The molecule has 3 aromatic rings. The number of hydrogen-bond donors (Lipinski definition) is 1. The van der Waals surface area contributed by atoms with E-state index in [2.05, 4.69) is 10.3 Å². The van der Waals surface area contributed by atoms with Gasteiger partial charge in [0.25, 0.3) is 17.7 Å². The molecule has 28 heavy (non-hydrogen) atoms. The number of oxazole rings is 1. The molecule has 0 fully saturated rings. The largest absolute Gasteiger partial charge is 0.441 e. The summed E-state index contributed by atoms with van der Waals surface area (Å²) >= 11 is 0. The molecular formula is C21H19N3O4. The normalized spacial score (nSPS) is 13.3. The van der Waals surface area contributed by atoms with Crippen molar-refractivity contribution in [2.24, 2.45) is 0 Å². The minimum Gasteiger partial charge on any atom is -0.441 e. The van der Waals surface area contributed by atoms with Crippen LogP contribution in [0.5, 0.6) is 0 Å². The van der Waals surface area contributed by atoms with Crippen LogP contribution in [0.25, 0.3) is 11.1 Å². The summed E-state index contributed by atoms with van der Waals surface area (Å²) in [5, 5.41) is 2.79. The first kappa shape index (κ1) is 17.9. The molecule has 0 bridgehead atoms. The molecule has 1 aliphatic rings. The maximum absolute atomic E-state index is 12.6. The van der Waals surface area contributed by atoms with Gasteiger partial charge in [-0.25, -0.2) is 4.98 Å². The predicted octanol–water partition coefficient (Wildman–Crippen LogP) is 3.78. The van der Waals surface area contributed by atoms with Crippen LogP contribution in [0.1, 0.15) is 56.7 Å². The Morgan fingerprint density at radius 3 is 2.68 bits per heavy atom. The molecule has 2 heterocycles. The van der Waals surface area contributed by atoms with Gasteiger partial charge in [0.15, 0.2) is 11.5 Å². The van der Waals surface area contributed by atoms with Crippen LogP contribution in [0.15, 0.2) is 40.8 Å². The van der Waals surface area contributed by atoms with Crippen molar-refractivity contribution in [3.63, 3.8) is 0 Å². The number of nitrogens with zero attached hydrogens (tertiary/aromatic N) is 2. The zero-order valence-electron chi connectivity index (χ0n) is 15.6. The summed E-state index contributed by atoms with van der Waals surface area (Å²) in [4.78, 5) is 43.1. The molecule has 0 unspecified atom stereocenters. The van der Waals surface area contributed by atoms with Gasteiger partial charge in [0.05, 0.1) is 11.1 Å². The van der Waals surface area contributed by atoms with Crippen LogP contribution in [0.2, 0.25) is 0 Å². The van der Waals surface area contributed by atoms with E-state index in [4.69, 9.17) is 4.42 Å². The summed E-state index contributed by atoms with van der Waals surface area (Å²) in [5.74, 6) is -0.461. The summed E-state index contributed by atoms with van der Waals surface area (Å²) in [5.41, 5.74) is 2.79. The number of aromatic nitrogens is 1. The highest BCUT2D eigenvalue weighted by atomic mass is 16.3. The van der Waals surface area contributed by atoms with E-state index < -0.39 is 0 Å². The number of carbonyl (C=O) groups is 3. The second kappa shape index (κ2) is 6.92. The van der Waals surface area contributed by atoms with Crippen LogP contribution in [-0.4, -0.2) is 34.2 Å². The monoisotopic (exact) mass is 377 g/mol. The van der Waals surface area contributed by atoms with Crippen molar-refractivity contribution in [2.45, 2.75) is 26.7 Å². The molecule has 0 saturated heterocycles. The van der Waals surface area contributed by atoms with Crippen molar-refractivity contribution in [3.8, 4) is 0 Å². The number of aryl methyl sites for hydroxylation is 1. The van der Waals surface area contributed by atoms with Crippen molar-refractivity contribution in [1.82, 2.24) is 9.88 Å². The zero-order valence-corrected chi connectivity index (χ0v) is 15.6. The molecule has 1 aromatic heterocycles. The molecule has 2 aromatic carbocycles. The summed E-state index contributed by atoms with van der Waals surface area (Å²) in [6.07, 6.45) is 1.64. The van der Waals surface area contributed by atoms with Crippen molar-refractivity contribution in [2.75, 3.05) is 11.9 Å². The van der Waals surface area contributed by atoms with Crippen LogP contribution in [0, 0.1) is 6.92 Å². The van der Waals surface area contributed by atoms with Crippen LogP contribution < -0.4 is 5.32 Å². The fraction of sp³-hybridized carbons (Fsp3) is 0.238. The second-order valence-electron chi connectivity index (χ2n) is 6.75. The first-order chi connectivity index (χ1) is 13.5. The number of amides is 3. The van der Waals surface area contributed by atoms with Gasteiger partial charge in [-0.1, -0.05) is 13.3 Å². The fourth-order valence-corrected chi connectivity index (χ4v) is 3.27. The van der Waals surface area contributed by atoms with Crippen LogP contribution >= 0.6 is 0 Å². The molecule has 1 aliphatic heterocycles. The minimum absolute atomic E-state index is 0.274. The standard InChI is InChI=1S/C21H19N3O4/c1-3-4-9-24-20(26)15-7-5-13(10-16(15)21(24)27)19(25)23-14-6-8-18-17(11-14)22-12(2)28-18/h5-8,10-11H,3-4,9H2,1-2H3,(H,23,25). The first-order valence-corrected chi connectivity index (χ1v) is 9.16. The number of unbranched alkanes of at least 4 members (excludes halogenated alkanes) is 1. The summed E-state index contributed by atoms with van der Waals surface area (Å²) in [7, 11) is 0. The summed E-state index contributed by atoms with van der Waals surface area (Å²) < 4.78 is 5.42. The van der Waals surface area contributed by atoms with Gasteiger partial charge in [-0.15, -0.1) is 0 Å². The predicted molar refractivity (Wildman–Crippen MR) is 103 cm³/mol. The lowest BCUT2D eigenvalue weighted by Crippen LogP contribution is -2.30. The lowest BCUT2D eigenvalue weighted by molar-refractivity contribution is 0.0652. The van der Waals surface area contributed by atoms with Gasteiger partial charge in [0, 0.05) is 24.7 Å². The Labute approximate surface area is 161 Å². The fourth-order valence-electron chi connectivity index (χ4n) is 3.27. The first-order valence-electron chi connectivity index (χ1n) is 9.16. The van der Waals surface area contributed by atoms with E-state index in [0.29, 0.717) is 40.3 Å². The Hall–Kier alpha value is -3.48. The van der Waals surface area contributed by atoms with Crippen LogP contribution in [0.3, 0.4) is 0 Å². The third-order valence-corrected chi connectivity index (χ3v) is 4.72. The molecule has 142 valence electrons. The number of hydrogen-bond acceptors (Lipinski definition) is 5. The van der Waals surface area contributed by atoms with Crippen molar-refractivity contribution >= 4 is 34.5 Å². The van der Waals surface area contributed by atoms with Crippen LogP contribution in [-0.2, 0) is 0 Å². The van der Waals surface area contributed by atoms with Crippen molar-refractivity contribution in [3.05, 3.63) is 59.0 Å². The summed E-state index contributed by atoms with van der Waals surface area (Å²) in [6.45, 7) is 4.14.